The van der Waals surface area contributed by atoms with Gasteiger partial charge in [-0.25, -0.2) is 4.79 Å². The van der Waals surface area contributed by atoms with Crippen LogP contribution < -0.4 is 0 Å². The van der Waals surface area contributed by atoms with Crippen molar-refractivity contribution in [3.63, 3.8) is 0 Å². The van der Waals surface area contributed by atoms with Crippen LogP contribution in [0.3, 0.4) is 0 Å². The lowest BCUT2D eigenvalue weighted by molar-refractivity contribution is -0.168. The first kappa shape index (κ1) is 10.8. The zero-order valence-corrected chi connectivity index (χ0v) is 9.85. The molecule has 4 bridgehead atoms. The van der Waals surface area contributed by atoms with E-state index in [-0.39, 0.29) is 41.9 Å². The summed E-state index contributed by atoms with van der Waals surface area (Å²) in [4.78, 5) is 23.2. The van der Waals surface area contributed by atoms with Crippen molar-refractivity contribution in [2.45, 2.75) is 38.4 Å². The van der Waals surface area contributed by atoms with Crippen molar-refractivity contribution in [3.05, 3.63) is 12.2 Å². The highest BCUT2D eigenvalue weighted by Gasteiger charge is 2.59. The molecule has 3 saturated carbocycles. The van der Waals surface area contributed by atoms with Crippen molar-refractivity contribution in [1.82, 2.24) is 0 Å². The molecule has 4 aliphatic rings. The van der Waals surface area contributed by atoms with Crippen LogP contribution in [0.1, 0.15) is 26.2 Å². The number of carbonyl (C=O) groups excluding carboxylic acids is 2. The lowest BCUT2D eigenvalue weighted by Crippen LogP contribution is -2.50. The number of esters is 2. The van der Waals surface area contributed by atoms with Gasteiger partial charge in [-0.3, -0.25) is 4.79 Å². The van der Waals surface area contributed by atoms with E-state index in [4.69, 9.17) is 9.47 Å². The van der Waals surface area contributed by atoms with Crippen LogP contribution in [0.5, 0.6) is 0 Å². The summed E-state index contributed by atoms with van der Waals surface area (Å²) in [5.41, 5.74) is 0.396. The molecule has 0 spiro atoms. The van der Waals surface area contributed by atoms with Crippen molar-refractivity contribution in [1.29, 1.82) is 0 Å². The Balaban J connectivity index is 1.80. The van der Waals surface area contributed by atoms with Crippen LogP contribution in [-0.4, -0.2) is 24.1 Å². The summed E-state index contributed by atoms with van der Waals surface area (Å²) in [7, 11) is 0. The van der Waals surface area contributed by atoms with Gasteiger partial charge in [-0.15, -0.1) is 0 Å². The van der Waals surface area contributed by atoms with Gasteiger partial charge in [0.1, 0.15) is 12.2 Å². The SMILES string of the molecule is C=C(C)C(=O)OC1C2CCC3C(C2)C(=O)OC31. The first-order valence-corrected chi connectivity index (χ1v) is 6.15. The van der Waals surface area contributed by atoms with E-state index in [0.717, 1.165) is 19.3 Å². The van der Waals surface area contributed by atoms with Gasteiger partial charge in [-0.05, 0) is 26.2 Å². The van der Waals surface area contributed by atoms with Gasteiger partial charge in [0, 0.05) is 17.4 Å². The lowest BCUT2D eigenvalue weighted by atomic mass is 9.63. The summed E-state index contributed by atoms with van der Waals surface area (Å²) in [5.74, 6) is 0.124. The summed E-state index contributed by atoms with van der Waals surface area (Å²) in [6.07, 6.45) is 2.41. The van der Waals surface area contributed by atoms with Crippen molar-refractivity contribution in [3.8, 4) is 0 Å². The van der Waals surface area contributed by atoms with Gasteiger partial charge in [-0.1, -0.05) is 6.58 Å². The molecule has 92 valence electrons. The Hall–Kier alpha value is -1.32. The smallest absolute Gasteiger partial charge is 0.333 e. The van der Waals surface area contributed by atoms with Crippen LogP contribution in [0, 0.1) is 17.8 Å². The van der Waals surface area contributed by atoms with Crippen molar-refractivity contribution in [2.75, 3.05) is 0 Å². The highest BCUT2D eigenvalue weighted by molar-refractivity contribution is 5.87. The number of hydrogen-bond donors (Lipinski definition) is 0. The summed E-state index contributed by atoms with van der Waals surface area (Å²) in [5, 5.41) is 0. The first-order valence-electron chi connectivity index (χ1n) is 6.15. The fourth-order valence-corrected chi connectivity index (χ4v) is 3.46. The van der Waals surface area contributed by atoms with Crippen LogP contribution in [-0.2, 0) is 19.1 Å². The van der Waals surface area contributed by atoms with Gasteiger partial charge in [0.25, 0.3) is 0 Å². The van der Waals surface area contributed by atoms with Crippen LogP contribution in [0.15, 0.2) is 12.2 Å². The molecule has 4 rings (SSSR count). The summed E-state index contributed by atoms with van der Waals surface area (Å²) >= 11 is 0. The second kappa shape index (κ2) is 3.59. The molecule has 0 amide bonds. The lowest BCUT2D eigenvalue weighted by Gasteiger charge is -2.43. The molecule has 0 aromatic heterocycles. The van der Waals surface area contributed by atoms with Gasteiger partial charge in [0.05, 0.1) is 5.92 Å². The van der Waals surface area contributed by atoms with Gasteiger partial charge >= 0.3 is 11.9 Å². The predicted molar refractivity (Wildman–Crippen MR) is 58.9 cm³/mol. The van der Waals surface area contributed by atoms with E-state index >= 15 is 0 Å². The molecular formula is C13H16O4. The Morgan fingerprint density at radius 3 is 2.94 bits per heavy atom. The monoisotopic (exact) mass is 236 g/mol. The molecule has 4 heteroatoms. The average molecular weight is 236 g/mol. The molecule has 17 heavy (non-hydrogen) atoms. The van der Waals surface area contributed by atoms with Gasteiger partial charge in [0.2, 0.25) is 0 Å². The van der Waals surface area contributed by atoms with E-state index in [0.29, 0.717) is 5.57 Å². The molecule has 1 aliphatic heterocycles. The topological polar surface area (TPSA) is 52.6 Å². The minimum absolute atomic E-state index is 0.0542. The third-order valence-corrected chi connectivity index (χ3v) is 4.30. The Kier molecular flexibility index (Phi) is 2.28. The largest absolute Gasteiger partial charge is 0.458 e. The molecule has 0 N–H and O–H groups in total. The maximum absolute atomic E-state index is 11.6. The first-order chi connectivity index (χ1) is 8.08. The van der Waals surface area contributed by atoms with Gasteiger partial charge < -0.3 is 9.47 Å². The number of fused-ring (bicyclic) bond motifs is 1. The van der Waals surface area contributed by atoms with Crippen LogP contribution >= 0.6 is 0 Å². The zero-order valence-electron chi connectivity index (χ0n) is 9.85. The second-order valence-corrected chi connectivity index (χ2v) is 5.40. The minimum Gasteiger partial charge on any atom is -0.458 e. The quantitative estimate of drug-likeness (QED) is 0.538. The molecule has 4 nitrogen and oxygen atoms in total. The predicted octanol–water partition coefficient (Wildman–Crippen LogP) is 1.45. The summed E-state index contributed by atoms with van der Waals surface area (Å²) in [6, 6.07) is 0. The molecule has 1 saturated heterocycles. The van der Waals surface area contributed by atoms with Crippen molar-refractivity contribution >= 4 is 11.9 Å². The van der Waals surface area contributed by atoms with Crippen molar-refractivity contribution in [2.24, 2.45) is 17.8 Å². The fraction of sp³-hybridized carbons (Fsp3) is 0.692. The Labute approximate surface area is 100.0 Å². The number of hydrogen-bond acceptors (Lipinski definition) is 4. The third-order valence-electron chi connectivity index (χ3n) is 4.30. The third kappa shape index (κ3) is 1.50. The van der Waals surface area contributed by atoms with Crippen LogP contribution in [0.25, 0.3) is 0 Å². The molecule has 3 aliphatic carbocycles. The van der Waals surface area contributed by atoms with E-state index in [1.807, 2.05) is 0 Å². The van der Waals surface area contributed by atoms with Crippen LogP contribution in [0.2, 0.25) is 0 Å². The Bertz CT molecular complexity index is 400. The van der Waals surface area contributed by atoms with Gasteiger partial charge in [-0.2, -0.15) is 0 Å². The highest BCUT2D eigenvalue weighted by atomic mass is 16.6. The maximum atomic E-state index is 11.6. The van der Waals surface area contributed by atoms with Gasteiger partial charge in [0.15, 0.2) is 0 Å². The van der Waals surface area contributed by atoms with E-state index in [9.17, 15) is 9.59 Å². The van der Waals surface area contributed by atoms with E-state index in [2.05, 4.69) is 6.58 Å². The summed E-state index contributed by atoms with van der Waals surface area (Å²) < 4.78 is 10.8. The molecule has 0 radical (unpaired) electrons. The number of ether oxygens (including phenoxy) is 2. The molecule has 4 fully saturated rings. The standard InChI is InChI=1S/C13H16O4/c1-6(2)12(14)16-10-7-3-4-8-9(5-7)13(15)17-11(8)10/h7-11H,1,3-5H2,2H3. The normalized spacial score (nSPS) is 42.2. The van der Waals surface area contributed by atoms with Crippen LogP contribution in [0.4, 0.5) is 0 Å². The molecule has 0 aromatic rings. The number of carbonyl (C=O) groups is 2. The second-order valence-electron chi connectivity index (χ2n) is 5.40. The zero-order chi connectivity index (χ0) is 12.2. The van der Waals surface area contributed by atoms with E-state index in [1.165, 1.54) is 0 Å². The summed E-state index contributed by atoms with van der Waals surface area (Å²) in [6.45, 7) is 5.21. The Morgan fingerprint density at radius 2 is 2.24 bits per heavy atom. The van der Waals surface area contributed by atoms with E-state index < -0.39 is 0 Å². The molecule has 1 heterocycles. The molecule has 0 aromatic carbocycles. The van der Waals surface area contributed by atoms with E-state index in [1.54, 1.807) is 6.92 Å². The number of rotatable bonds is 2. The molecular weight excluding hydrogens is 220 g/mol. The molecule has 5 unspecified atom stereocenters. The van der Waals surface area contributed by atoms with Crippen molar-refractivity contribution < 1.29 is 19.1 Å². The highest BCUT2D eigenvalue weighted by Crippen LogP contribution is 2.52. The Morgan fingerprint density at radius 1 is 1.47 bits per heavy atom. The fourth-order valence-electron chi connectivity index (χ4n) is 3.46. The minimum atomic E-state index is -0.373. The maximum Gasteiger partial charge on any atom is 0.333 e. The average Bonchev–Trinajstić information content (AvgIpc) is 2.57. The molecule has 5 atom stereocenters.